The molecule has 1 aromatic carbocycles. The maximum atomic E-state index is 13.1. The molecule has 0 aliphatic carbocycles. The van der Waals surface area contributed by atoms with E-state index in [1.807, 2.05) is 6.92 Å². The van der Waals surface area contributed by atoms with Crippen LogP contribution in [0.3, 0.4) is 0 Å². The Labute approximate surface area is 117 Å². The lowest BCUT2D eigenvalue weighted by molar-refractivity contribution is 0.252. The van der Waals surface area contributed by atoms with Crippen LogP contribution in [-0.2, 0) is 10.0 Å². The normalized spacial score (nSPS) is 12.1. The Kier molecular flexibility index (Phi) is 6.19. The Morgan fingerprint density at radius 2 is 2.05 bits per heavy atom. The van der Waals surface area contributed by atoms with Crippen LogP contribution < -0.4 is 0 Å². The smallest absolute Gasteiger partial charge is 0.243 e. The molecule has 0 radical (unpaired) electrons. The third kappa shape index (κ3) is 4.14. The highest BCUT2D eigenvalue weighted by Crippen LogP contribution is 2.22. The van der Waals surface area contributed by atoms with Gasteiger partial charge in [-0.15, -0.1) is 0 Å². The number of rotatable bonds is 7. The van der Waals surface area contributed by atoms with Gasteiger partial charge in [0.25, 0.3) is 0 Å². The lowest BCUT2D eigenvalue weighted by Crippen LogP contribution is -2.34. The molecule has 0 aliphatic rings. The van der Waals surface area contributed by atoms with E-state index in [1.54, 1.807) is 0 Å². The monoisotopic (exact) mass is 309 g/mol. The minimum absolute atomic E-state index is 0.0112. The second kappa shape index (κ2) is 7.19. The molecule has 0 fully saturated rings. The van der Waals surface area contributed by atoms with Crippen LogP contribution in [0.15, 0.2) is 23.1 Å². The zero-order valence-corrected chi connectivity index (χ0v) is 12.2. The number of nitrogens with zero attached hydrogens (tertiary/aromatic N) is 1. The molecule has 4 nitrogen and oxygen atoms in total. The topological polar surface area (TPSA) is 57.6 Å². The highest BCUT2D eigenvalue weighted by atomic mass is 35.5. The number of benzene rings is 1. The molecule has 0 aliphatic heterocycles. The van der Waals surface area contributed by atoms with Gasteiger partial charge in [0.15, 0.2) is 0 Å². The summed E-state index contributed by atoms with van der Waals surface area (Å²) < 4.78 is 38.9. The average molecular weight is 310 g/mol. The van der Waals surface area contributed by atoms with Gasteiger partial charge in [0.2, 0.25) is 10.0 Å². The Balaban J connectivity index is 3.07. The van der Waals surface area contributed by atoms with Crippen LogP contribution in [0.25, 0.3) is 0 Å². The van der Waals surface area contributed by atoms with Crippen LogP contribution in [-0.4, -0.2) is 37.5 Å². The molecular formula is C12H17ClFNO3S. The second-order valence-corrected chi connectivity index (χ2v) is 6.40. The van der Waals surface area contributed by atoms with E-state index >= 15 is 0 Å². The molecule has 1 rings (SSSR count). The fourth-order valence-electron chi connectivity index (χ4n) is 1.58. The van der Waals surface area contributed by atoms with E-state index in [2.05, 4.69) is 0 Å². The largest absolute Gasteiger partial charge is 0.395 e. The van der Waals surface area contributed by atoms with Gasteiger partial charge < -0.3 is 5.11 Å². The third-order valence-electron chi connectivity index (χ3n) is 2.64. The van der Waals surface area contributed by atoms with Crippen molar-refractivity contribution >= 4 is 21.6 Å². The van der Waals surface area contributed by atoms with Crippen molar-refractivity contribution in [2.75, 3.05) is 19.7 Å². The summed E-state index contributed by atoms with van der Waals surface area (Å²) >= 11 is 5.60. The lowest BCUT2D eigenvalue weighted by Gasteiger charge is -2.21. The van der Waals surface area contributed by atoms with Gasteiger partial charge in [-0.3, -0.25) is 0 Å². The average Bonchev–Trinajstić information content (AvgIpc) is 2.37. The van der Waals surface area contributed by atoms with Crippen molar-refractivity contribution in [2.24, 2.45) is 0 Å². The highest BCUT2D eigenvalue weighted by molar-refractivity contribution is 7.89. The van der Waals surface area contributed by atoms with E-state index in [0.29, 0.717) is 13.0 Å². The molecule has 0 saturated heterocycles. The Morgan fingerprint density at radius 3 is 2.58 bits per heavy atom. The van der Waals surface area contributed by atoms with Crippen LogP contribution in [0.1, 0.15) is 19.8 Å². The van der Waals surface area contributed by atoms with Crippen LogP contribution in [0.2, 0.25) is 5.02 Å². The second-order valence-electron chi connectivity index (χ2n) is 4.06. The van der Waals surface area contributed by atoms with E-state index in [-0.39, 0.29) is 23.1 Å². The summed E-state index contributed by atoms with van der Waals surface area (Å²) in [5, 5.41) is 8.72. The Bertz CT molecular complexity index is 522. The van der Waals surface area contributed by atoms with E-state index in [0.717, 1.165) is 18.6 Å². The van der Waals surface area contributed by atoms with Crippen molar-refractivity contribution < 1.29 is 17.9 Å². The Hall–Kier alpha value is -0.690. The first-order valence-corrected chi connectivity index (χ1v) is 7.81. The van der Waals surface area contributed by atoms with Crippen molar-refractivity contribution in [3.8, 4) is 0 Å². The van der Waals surface area contributed by atoms with Gasteiger partial charge in [-0.25, -0.2) is 12.8 Å². The number of halogens is 2. The Morgan fingerprint density at radius 1 is 1.37 bits per heavy atom. The quantitative estimate of drug-likeness (QED) is 0.840. The molecule has 0 atom stereocenters. The maximum absolute atomic E-state index is 13.1. The first-order valence-electron chi connectivity index (χ1n) is 5.99. The van der Waals surface area contributed by atoms with E-state index in [1.165, 1.54) is 10.4 Å². The highest BCUT2D eigenvalue weighted by Gasteiger charge is 2.24. The van der Waals surface area contributed by atoms with Crippen molar-refractivity contribution in [3.63, 3.8) is 0 Å². The predicted molar refractivity (Wildman–Crippen MR) is 72.2 cm³/mol. The molecule has 0 spiro atoms. The summed E-state index contributed by atoms with van der Waals surface area (Å²) in [5.74, 6) is -0.664. The van der Waals surface area contributed by atoms with Crippen molar-refractivity contribution in [3.05, 3.63) is 29.0 Å². The standard InChI is InChI=1S/C12H17ClFNO3S/c1-2-3-6-15(7-8-16)19(17,18)10-4-5-12(14)11(13)9-10/h4-5,9,16H,2-3,6-8H2,1H3. The van der Waals surface area contributed by atoms with Gasteiger partial charge >= 0.3 is 0 Å². The predicted octanol–water partition coefficient (Wildman–Crippen LogP) is 2.26. The molecule has 0 saturated carbocycles. The summed E-state index contributed by atoms with van der Waals surface area (Å²) in [6.45, 7) is 2.00. The van der Waals surface area contributed by atoms with Gasteiger partial charge in [0.05, 0.1) is 16.5 Å². The molecular weight excluding hydrogens is 293 g/mol. The van der Waals surface area contributed by atoms with E-state index < -0.39 is 15.8 Å². The fraction of sp³-hybridized carbons (Fsp3) is 0.500. The number of aliphatic hydroxyl groups excluding tert-OH is 1. The number of hydrogen-bond acceptors (Lipinski definition) is 3. The van der Waals surface area contributed by atoms with E-state index in [4.69, 9.17) is 16.7 Å². The molecule has 1 N–H and O–H groups in total. The zero-order valence-electron chi connectivity index (χ0n) is 10.6. The molecule has 0 amide bonds. The molecule has 108 valence electrons. The summed E-state index contributed by atoms with van der Waals surface area (Å²) in [5.41, 5.74) is 0. The molecule has 0 heterocycles. The summed E-state index contributed by atoms with van der Waals surface area (Å²) in [6.07, 6.45) is 1.52. The van der Waals surface area contributed by atoms with Crippen molar-refractivity contribution in [1.82, 2.24) is 4.31 Å². The summed E-state index contributed by atoms with van der Waals surface area (Å²) in [4.78, 5) is -0.0662. The lowest BCUT2D eigenvalue weighted by atomic mass is 10.3. The molecule has 1 aromatic rings. The van der Waals surface area contributed by atoms with Crippen LogP contribution in [0.4, 0.5) is 4.39 Å². The SMILES string of the molecule is CCCCN(CCO)S(=O)(=O)c1ccc(F)c(Cl)c1. The van der Waals surface area contributed by atoms with E-state index in [9.17, 15) is 12.8 Å². The van der Waals surface area contributed by atoms with Gasteiger partial charge in [-0.2, -0.15) is 4.31 Å². The minimum Gasteiger partial charge on any atom is -0.395 e. The fourth-order valence-corrected chi connectivity index (χ4v) is 3.33. The molecule has 0 aromatic heterocycles. The van der Waals surface area contributed by atoms with Gasteiger partial charge in [-0.05, 0) is 24.6 Å². The van der Waals surface area contributed by atoms with Gasteiger partial charge in [-0.1, -0.05) is 24.9 Å². The zero-order chi connectivity index (χ0) is 14.5. The van der Waals surface area contributed by atoms with Crippen molar-refractivity contribution in [1.29, 1.82) is 0 Å². The first kappa shape index (κ1) is 16.4. The summed E-state index contributed by atoms with van der Waals surface area (Å²) in [7, 11) is -3.75. The number of aliphatic hydroxyl groups is 1. The van der Waals surface area contributed by atoms with Crippen LogP contribution in [0, 0.1) is 5.82 Å². The van der Waals surface area contributed by atoms with Crippen LogP contribution >= 0.6 is 11.6 Å². The number of unbranched alkanes of at least 4 members (excludes halogenated alkanes) is 1. The first-order chi connectivity index (χ1) is 8.93. The minimum atomic E-state index is -3.75. The van der Waals surface area contributed by atoms with Gasteiger partial charge in [0.1, 0.15) is 5.82 Å². The summed E-state index contributed by atoms with van der Waals surface area (Å²) in [6, 6.07) is 3.28. The molecule has 19 heavy (non-hydrogen) atoms. The molecule has 7 heteroatoms. The maximum Gasteiger partial charge on any atom is 0.243 e. The molecule has 0 bridgehead atoms. The van der Waals surface area contributed by atoms with Crippen LogP contribution in [0.5, 0.6) is 0 Å². The number of sulfonamides is 1. The number of hydrogen-bond donors (Lipinski definition) is 1. The third-order valence-corrected chi connectivity index (χ3v) is 4.82. The van der Waals surface area contributed by atoms with Crippen molar-refractivity contribution in [2.45, 2.75) is 24.7 Å². The molecule has 0 unspecified atom stereocenters. The van der Waals surface area contributed by atoms with Gasteiger partial charge in [0, 0.05) is 13.1 Å².